The maximum atomic E-state index is 12.2. The van der Waals surface area contributed by atoms with Crippen LogP contribution in [0.1, 0.15) is 48.6 Å². The zero-order valence-electron chi connectivity index (χ0n) is 11.0. The summed E-state index contributed by atoms with van der Waals surface area (Å²) in [5, 5.41) is 12.4. The van der Waals surface area contributed by atoms with E-state index in [0.717, 1.165) is 32.1 Å². The number of carbonyl (C=O) groups is 1. The maximum absolute atomic E-state index is 12.2. The van der Waals surface area contributed by atoms with Crippen LogP contribution < -0.4 is 11.1 Å². The summed E-state index contributed by atoms with van der Waals surface area (Å²) in [5.41, 5.74) is 7.10. The van der Waals surface area contributed by atoms with E-state index in [1.54, 1.807) is 6.07 Å². The summed E-state index contributed by atoms with van der Waals surface area (Å²) in [6, 6.07) is 2.20. The Bertz CT molecular complexity index is 479. The topological polar surface area (TPSA) is 80.3 Å². The largest absolute Gasteiger partial charge is 0.397 e. The van der Waals surface area contributed by atoms with Gasteiger partial charge < -0.3 is 20.7 Å². The van der Waals surface area contributed by atoms with Crippen molar-refractivity contribution in [2.75, 3.05) is 12.3 Å². The third-order valence-corrected chi connectivity index (χ3v) is 4.11. The summed E-state index contributed by atoms with van der Waals surface area (Å²) in [6.07, 6.45) is 6.57. The van der Waals surface area contributed by atoms with Gasteiger partial charge in [0.1, 0.15) is 5.69 Å². The zero-order valence-corrected chi connectivity index (χ0v) is 11.0. The van der Waals surface area contributed by atoms with Gasteiger partial charge in [-0.2, -0.15) is 0 Å². The van der Waals surface area contributed by atoms with Gasteiger partial charge in [-0.25, -0.2) is 0 Å². The first kappa shape index (κ1) is 12.5. The van der Waals surface area contributed by atoms with Crippen LogP contribution in [0.15, 0.2) is 12.3 Å². The van der Waals surface area contributed by atoms with Crippen molar-refractivity contribution in [3.8, 4) is 0 Å². The number of hydrogen-bond acceptors (Lipinski definition) is 3. The number of rotatable bonds is 4. The molecule has 0 aromatic carbocycles. The van der Waals surface area contributed by atoms with Gasteiger partial charge in [0.05, 0.1) is 11.8 Å². The van der Waals surface area contributed by atoms with Crippen molar-refractivity contribution in [3.63, 3.8) is 0 Å². The lowest BCUT2D eigenvalue weighted by Gasteiger charge is -2.12. The van der Waals surface area contributed by atoms with Crippen molar-refractivity contribution in [2.24, 2.45) is 5.92 Å². The van der Waals surface area contributed by atoms with Crippen LogP contribution in [0.3, 0.4) is 0 Å². The molecule has 4 N–H and O–H groups in total. The maximum Gasteiger partial charge on any atom is 0.268 e. The van der Waals surface area contributed by atoms with Crippen molar-refractivity contribution in [3.05, 3.63) is 18.0 Å². The molecule has 5 heteroatoms. The molecule has 1 aromatic heterocycles. The van der Waals surface area contributed by atoms with Gasteiger partial charge in [0.25, 0.3) is 5.91 Å². The van der Waals surface area contributed by atoms with Gasteiger partial charge in [-0.3, -0.25) is 4.79 Å². The highest BCUT2D eigenvalue weighted by Gasteiger charge is 2.28. The van der Waals surface area contributed by atoms with E-state index in [4.69, 9.17) is 5.73 Å². The zero-order chi connectivity index (χ0) is 13.4. The molecule has 3 rings (SSSR count). The minimum atomic E-state index is -0.187. The van der Waals surface area contributed by atoms with Crippen molar-refractivity contribution >= 4 is 11.6 Å². The molecule has 0 radical (unpaired) electrons. The van der Waals surface area contributed by atoms with Gasteiger partial charge in [-0.05, 0) is 44.1 Å². The average Bonchev–Trinajstić information content (AvgIpc) is 3.03. The second-order valence-corrected chi connectivity index (χ2v) is 5.84. The Kier molecular flexibility index (Phi) is 3.22. The van der Waals surface area contributed by atoms with E-state index in [9.17, 15) is 9.90 Å². The molecule has 0 spiro atoms. The lowest BCUT2D eigenvalue weighted by Crippen LogP contribution is -2.30. The molecule has 104 valence electrons. The Morgan fingerprint density at radius 3 is 2.84 bits per heavy atom. The Labute approximate surface area is 112 Å². The quantitative estimate of drug-likeness (QED) is 0.766. The highest BCUT2D eigenvalue weighted by atomic mass is 16.3. The van der Waals surface area contributed by atoms with Gasteiger partial charge in [-0.15, -0.1) is 0 Å². The number of aromatic nitrogens is 1. The summed E-state index contributed by atoms with van der Waals surface area (Å²) in [7, 11) is 0. The van der Waals surface area contributed by atoms with Gasteiger partial charge >= 0.3 is 0 Å². The lowest BCUT2D eigenvalue weighted by atomic mass is 10.1. The van der Waals surface area contributed by atoms with Crippen molar-refractivity contribution < 1.29 is 9.90 Å². The molecule has 5 nitrogen and oxygen atoms in total. The van der Waals surface area contributed by atoms with Crippen molar-refractivity contribution in [1.29, 1.82) is 0 Å². The van der Waals surface area contributed by atoms with Crippen molar-refractivity contribution in [1.82, 2.24) is 9.88 Å². The van der Waals surface area contributed by atoms with E-state index in [2.05, 4.69) is 5.32 Å². The van der Waals surface area contributed by atoms with E-state index < -0.39 is 0 Å². The van der Waals surface area contributed by atoms with Crippen LogP contribution in [0.2, 0.25) is 0 Å². The number of nitrogens with two attached hydrogens (primary N) is 1. The molecule has 2 aliphatic rings. The van der Waals surface area contributed by atoms with Crippen LogP contribution >= 0.6 is 0 Å². The van der Waals surface area contributed by atoms with E-state index in [1.165, 1.54) is 0 Å². The van der Waals surface area contributed by atoms with E-state index in [0.29, 0.717) is 29.9 Å². The summed E-state index contributed by atoms with van der Waals surface area (Å²) in [6.45, 7) is 0.644. The van der Waals surface area contributed by atoms with Crippen LogP contribution in [0.25, 0.3) is 0 Å². The molecule has 0 saturated heterocycles. The van der Waals surface area contributed by atoms with Crippen LogP contribution in [-0.4, -0.2) is 28.2 Å². The monoisotopic (exact) mass is 263 g/mol. The fourth-order valence-electron chi connectivity index (χ4n) is 2.90. The minimum Gasteiger partial charge on any atom is -0.397 e. The molecule has 2 aliphatic carbocycles. The molecule has 1 heterocycles. The molecule has 0 aliphatic heterocycles. The molecule has 2 unspecified atom stereocenters. The highest BCUT2D eigenvalue weighted by Crippen LogP contribution is 2.37. The first-order valence-corrected chi connectivity index (χ1v) is 7.07. The molecule has 0 bridgehead atoms. The second-order valence-electron chi connectivity index (χ2n) is 5.84. The van der Waals surface area contributed by atoms with Gasteiger partial charge in [0, 0.05) is 18.8 Å². The number of hydrogen-bond donors (Lipinski definition) is 3. The number of aliphatic hydroxyl groups excluding tert-OH is 1. The SMILES string of the molecule is Nc1cc(C(=O)NCC2CCC(O)C2)n(C2CC2)c1. The molecular formula is C14H21N3O2. The smallest absolute Gasteiger partial charge is 0.268 e. The molecule has 1 amide bonds. The summed E-state index contributed by atoms with van der Waals surface area (Å²) in [5.74, 6) is 0.352. The molecule has 2 atom stereocenters. The second kappa shape index (κ2) is 4.89. The highest BCUT2D eigenvalue weighted by molar-refractivity contribution is 5.93. The Morgan fingerprint density at radius 2 is 2.21 bits per heavy atom. The number of carbonyl (C=O) groups excluding carboxylic acids is 1. The predicted molar refractivity (Wildman–Crippen MR) is 72.8 cm³/mol. The molecule has 2 saturated carbocycles. The van der Waals surface area contributed by atoms with Crippen LogP contribution in [0.4, 0.5) is 5.69 Å². The minimum absolute atomic E-state index is 0.0509. The first-order valence-electron chi connectivity index (χ1n) is 7.07. The number of nitrogens with one attached hydrogen (secondary N) is 1. The van der Waals surface area contributed by atoms with Crippen molar-refractivity contribution in [2.45, 2.75) is 44.2 Å². The first-order chi connectivity index (χ1) is 9.13. The molecule has 2 fully saturated rings. The van der Waals surface area contributed by atoms with E-state index in [-0.39, 0.29) is 12.0 Å². The van der Waals surface area contributed by atoms with E-state index >= 15 is 0 Å². The number of amides is 1. The summed E-state index contributed by atoms with van der Waals surface area (Å²) < 4.78 is 1.99. The number of aliphatic hydroxyl groups is 1. The molecule has 19 heavy (non-hydrogen) atoms. The van der Waals surface area contributed by atoms with Gasteiger partial charge in [0.15, 0.2) is 0 Å². The van der Waals surface area contributed by atoms with Gasteiger partial charge in [-0.1, -0.05) is 0 Å². The lowest BCUT2D eigenvalue weighted by molar-refractivity contribution is 0.0935. The third kappa shape index (κ3) is 2.76. The van der Waals surface area contributed by atoms with Crippen LogP contribution in [0.5, 0.6) is 0 Å². The number of nitrogens with zero attached hydrogens (tertiary/aromatic N) is 1. The Hall–Kier alpha value is -1.49. The summed E-state index contributed by atoms with van der Waals surface area (Å²) >= 11 is 0. The van der Waals surface area contributed by atoms with Gasteiger partial charge in [0.2, 0.25) is 0 Å². The van der Waals surface area contributed by atoms with Crippen LogP contribution in [0, 0.1) is 5.92 Å². The fraction of sp³-hybridized carbons (Fsp3) is 0.643. The third-order valence-electron chi connectivity index (χ3n) is 4.11. The summed E-state index contributed by atoms with van der Waals surface area (Å²) in [4.78, 5) is 12.2. The fourth-order valence-corrected chi connectivity index (χ4v) is 2.90. The van der Waals surface area contributed by atoms with Crippen LogP contribution in [-0.2, 0) is 0 Å². The Balaban J connectivity index is 1.60. The Morgan fingerprint density at radius 1 is 1.42 bits per heavy atom. The number of nitrogen functional groups attached to an aromatic ring is 1. The normalized spacial score (nSPS) is 26.6. The molecular weight excluding hydrogens is 242 g/mol. The number of anilines is 1. The average molecular weight is 263 g/mol. The van der Waals surface area contributed by atoms with E-state index in [1.807, 2.05) is 10.8 Å². The standard InChI is InChI=1S/C14H21N3O2/c15-10-6-13(17(8-10)11-2-3-11)14(19)16-7-9-1-4-12(18)5-9/h6,8-9,11-12,18H,1-5,7,15H2,(H,16,19). The predicted octanol–water partition coefficient (Wildman–Crippen LogP) is 1.30. The molecule has 1 aromatic rings.